The molecule has 0 aliphatic carbocycles. The second-order valence-electron chi connectivity index (χ2n) is 16.9. The second kappa shape index (κ2) is 13.4. The molecular formula is C59H35N3OS. The Morgan fingerprint density at radius 3 is 1.98 bits per heavy atom. The molecule has 64 heavy (non-hydrogen) atoms. The Kier molecular flexibility index (Phi) is 7.45. The van der Waals surface area contributed by atoms with Gasteiger partial charge in [-0.1, -0.05) is 146 Å². The standard InChI is InChI=1S/C59H35N3OS/c1-34-55(60-59(40-26-25-35-13-2-3-15-37(35)29-40)61-56(34)46-22-12-21-45-44-20-9-11-24-53(44)64-58(45)46)41-31-47-43-19-8-10-23-52(43)63-57(47)51(33-41)62-49-28-27-36-14-6-7-18-42(36)54(49)48-30-38-16-4-5-17-39(38)32-50(48)62/h2-33H,1H3. The van der Waals surface area contributed by atoms with Crippen LogP contribution in [0.25, 0.3) is 136 Å². The van der Waals surface area contributed by atoms with E-state index in [2.05, 4.69) is 206 Å². The minimum atomic E-state index is 0.688. The van der Waals surface area contributed by atoms with Gasteiger partial charge >= 0.3 is 0 Å². The van der Waals surface area contributed by atoms with Gasteiger partial charge in [-0.15, -0.1) is 11.3 Å². The van der Waals surface area contributed by atoms with Crippen LogP contribution in [0.1, 0.15) is 5.56 Å². The van der Waals surface area contributed by atoms with Crippen molar-refractivity contribution < 1.29 is 4.42 Å². The van der Waals surface area contributed by atoms with Crippen LogP contribution in [-0.4, -0.2) is 14.5 Å². The SMILES string of the molecule is Cc1c(-c2cc(-n3c4cc5ccccc5cc4c4c5ccccc5ccc43)c3oc4ccccc4c3c2)nc(-c2ccc3ccccc3c2)nc1-c1cccc2c1sc1ccccc12. The van der Waals surface area contributed by atoms with Crippen molar-refractivity contribution in [1.82, 2.24) is 14.5 Å². The number of rotatable bonds is 4. The smallest absolute Gasteiger partial charge is 0.160 e. The summed E-state index contributed by atoms with van der Waals surface area (Å²) in [5.74, 6) is 0.688. The number of para-hydroxylation sites is 1. The van der Waals surface area contributed by atoms with Gasteiger partial charge in [-0.2, -0.15) is 0 Å². The topological polar surface area (TPSA) is 43.9 Å². The zero-order valence-corrected chi connectivity index (χ0v) is 35.4. The predicted octanol–water partition coefficient (Wildman–Crippen LogP) is 16.6. The maximum absolute atomic E-state index is 6.95. The highest BCUT2D eigenvalue weighted by atomic mass is 32.1. The van der Waals surface area contributed by atoms with Crippen LogP contribution in [0.4, 0.5) is 0 Å². The van der Waals surface area contributed by atoms with E-state index in [0.29, 0.717) is 5.82 Å². The van der Waals surface area contributed by atoms with E-state index in [0.717, 1.165) is 77.7 Å². The summed E-state index contributed by atoms with van der Waals surface area (Å²) in [5, 5.41) is 14.2. The maximum Gasteiger partial charge on any atom is 0.160 e. The Hall–Kier alpha value is -8.12. The van der Waals surface area contributed by atoms with Gasteiger partial charge in [-0.05, 0) is 87.8 Å². The summed E-state index contributed by atoms with van der Waals surface area (Å²) in [6.45, 7) is 2.19. The summed E-state index contributed by atoms with van der Waals surface area (Å²) >= 11 is 1.83. The second-order valence-corrected chi connectivity index (χ2v) is 18.0. The van der Waals surface area contributed by atoms with Gasteiger partial charge in [0.15, 0.2) is 11.4 Å². The molecule has 298 valence electrons. The monoisotopic (exact) mass is 833 g/mol. The van der Waals surface area contributed by atoms with Crippen molar-refractivity contribution >= 4 is 108 Å². The van der Waals surface area contributed by atoms with Gasteiger partial charge < -0.3 is 8.98 Å². The fourth-order valence-corrected chi connectivity index (χ4v) is 11.5. The Morgan fingerprint density at radius 2 is 1.12 bits per heavy atom. The van der Waals surface area contributed by atoms with Crippen LogP contribution < -0.4 is 0 Å². The van der Waals surface area contributed by atoms with Gasteiger partial charge in [-0.25, -0.2) is 9.97 Å². The Balaban J connectivity index is 1.11. The van der Waals surface area contributed by atoms with Crippen LogP contribution in [0, 0.1) is 6.92 Å². The van der Waals surface area contributed by atoms with Crippen molar-refractivity contribution in [1.29, 1.82) is 0 Å². The first kappa shape index (κ1) is 35.5. The quantitative estimate of drug-likeness (QED) is 0.177. The number of aromatic nitrogens is 3. The molecular weight excluding hydrogens is 799 g/mol. The average Bonchev–Trinajstić information content (AvgIpc) is 4.02. The molecule has 0 unspecified atom stereocenters. The molecule has 0 spiro atoms. The first-order chi connectivity index (χ1) is 31.6. The molecule has 0 saturated carbocycles. The number of fused-ring (bicyclic) bond motifs is 13. The number of hydrogen-bond donors (Lipinski definition) is 0. The normalized spacial score (nSPS) is 12.1. The van der Waals surface area contributed by atoms with E-state index in [9.17, 15) is 0 Å². The number of hydrogen-bond acceptors (Lipinski definition) is 4. The third kappa shape index (κ3) is 5.16. The van der Waals surface area contributed by atoms with Crippen LogP contribution in [0.2, 0.25) is 0 Å². The summed E-state index contributed by atoms with van der Waals surface area (Å²) in [7, 11) is 0. The fraction of sp³-hybridized carbons (Fsp3) is 0.0169. The van der Waals surface area contributed by atoms with Crippen LogP contribution in [0.3, 0.4) is 0 Å². The summed E-state index contributed by atoms with van der Waals surface area (Å²) in [4.78, 5) is 11.1. The lowest BCUT2D eigenvalue weighted by molar-refractivity contribution is 0.666. The molecule has 4 heterocycles. The highest BCUT2D eigenvalue weighted by Crippen LogP contribution is 2.46. The molecule has 0 bridgehead atoms. The van der Waals surface area contributed by atoms with Crippen molar-refractivity contribution in [2.45, 2.75) is 6.92 Å². The van der Waals surface area contributed by atoms with E-state index in [1.54, 1.807) is 0 Å². The van der Waals surface area contributed by atoms with Crippen LogP contribution in [-0.2, 0) is 0 Å². The summed E-state index contributed by atoms with van der Waals surface area (Å²) in [6.07, 6.45) is 0. The fourth-order valence-electron chi connectivity index (χ4n) is 10.3. The molecule has 4 aromatic heterocycles. The van der Waals surface area contributed by atoms with E-state index in [1.807, 2.05) is 11.3 Å². The predicted molar refractivity (Wildman–Crippen MR) is 270 cm³/mol. The van der Waals surface area contributed by atoms with Crippen LogP contribution >= 0.6 is 11.3 Å². The highest BCUT2D eigenvalue weighted by Gasteiger charge is 2.24. The zero-order valence-electron chi connectivity index (χ0n) is 34.6. The van der Waals surface area contributed by atoms with E-state index >= 15 is 0 Å². The van der Waals surface area contributed by atoms with Gasteiger partial charge in [0, 0.05) is 64.0 Å². The number of benzene rings is 10. The first-order valence-corrected chi connectivity index (χ1v) is 22.5. The molecule has 4 nitrogen and oxygen atoms in total. The zero-order chi connectivity index (χ0) is 42.0. The molecule has 0 aliphatic heterocycles. The van der Waals surface area contributed by atoms with E-state index in [4.69, 9.17) is 14.4 Å². The Morgan fingerprint density at radius 1 is 0.453 bits per heavy atom. The molecule has 0 aliphatic rings. The minimum absolute atomic E-state index is 0.688. The Bertz CT molecular complexity index is 4280. The van der Waals surface area contributed by atoms with Gasteiger partial charge in [0.2, 0.25) is 0 Å². The van der Waals surface area contributed by atoms with Crippen LogP contribution in [0.5, 0.6) is 0 Å². The third-order valence-corrected chi connectivity index (χ3v) is 14.5. The maximum atomic E-state index is 6.95. The van der Waals surface area contributed by atoms with E-state index in [-0.39, 0.29) is 0 Å². The van der Waals surface area contributed by atoms with Crippen molar-refractivity contribution in [3.63, 3.8) is 0 Å². The Labute approximate surface area is 370 Å². The summed E-state index contributed by atoms with van der Waals surface area (Å²) in [5.41, 5.74) is 10.8. The van der Waals surface area contributed by atoms with Crippen molar-refractivity contribution in [3.05, 3.63) is 200 Å². The summed E-state index contributed by atoms with van der Waals surface area (Å²) in [6, 6.07) is 70.0. The van der Waals surface area contributed by atoms with Gasteiger partial charge in [0.25, 0.3) is 0 Å². The first-order valence-electron chi connectivity index (χ1n) is 21.7. The lowest BCUT2D eigenvalue weighted by Crippen LogP contribution is -2.02. The lowest BCUT2D eigenvalue weighted by atomic mass is 9.97. The summed E-state index contributed by atoms with van der Waals surface area (Å²) < 4.78 is 11.9. The molecule has 14 aromatic rings. The molecule has 14 rings (SSSR count). The number of nitrogens with zero attached hydrogens (tertiary/aromatic N) is 3. The number of furan rings is 1. The molecule has 0 amide bonds. The van der Waals surface area contributed by atoms with Gasteiger partial charge in [0.05, 0.1) is 28.1 Å². The molecule has 0 N–H and O–H groups in total. The van der Waals surface area contributed by atoms with Crippen molar-refractivity contribution in [2.75, 3.05) is 0 Å². The largest absolute Gasteiger partial charge is 0.454 e. The van der Waals surface area contributed by atoms with Gasteiger partial charge in [-0.3, -0.25) is 0 Å². The highest BCUT2D eigenvalue weighted by molar-refractivity contribution is 7.26. The third-order valence-electron chi connectivity index (χ3n) is 13.3. The minimum Gasteiger partial charge on any atom is -0.454 e. The lowest BCUT2D eigenvalue weighted by Gasteiger charge is -2.16. The van der Waals surface area contributed by atoms with Crippen molar-refractivity contribution in [3.8, 4) is 39.6 Å². The molecule has 10 aromatic carbocycles. The molecule has 0 radical (unpaired) electrons. The molecule has 5 heteroatoms. The molecule has 0 atom stereocenters. The van der Waals surface area contributed by atoms with Crippen LogP contribution in [0.15, 0.2) is 199 Å². The number of thiophene rings is 1. The van der Waals surface area contributed by atoms with E-state index in [1.165, 1.54) is 57.9 Å². The average molecular weight is 834 g/mol. The van der Waals surface area contributed by atoms with Gasteiger partial charge in [0.1, 0.15) is 5.58 Å². The molecule has 0 fully saturated rings. The molecule has 0 saturated heterocycles. The van der Waals surface area contributed by atoms with Crippen molar-refractivity contribution in [2.24, 2.45) is 0 Å². The van der Waals surface area contributed by atoms with E-state index < -0.39 is 0 Å².